The number of rotatable bonds is 5. The maximum Gasteiger partial charge on any atom is 0.283 e. The fourth-order valence-electron chi connectivity index (χ4n) is 1.38. The number of thioether (sulfide) groups is 1. The molecule has 1 aliphatic rings. The van der Waals surface area contributed by atoms with E-state index in [1.54, 1.807) is 17.0 Å². The van der Waals surface area contributed by atoms with Crippen molar-refractivity contribution in [1.82, 2.24) is 9.55 Å². The lowest BCUT2D eigenvalue weighted by Crippen LogP contribution is -2.21. The predicted octanol–water partition coefficient (Wildman–Crippen LogP) is 1.05. The molecule has 1 aromatic heterocycles. The minimum Gasteiger partial charge on any atom is -0.396 e. The van der Waals surface area contributed by atoms with Crippen LogP contribution in [0.1, 0.15) is 25.3 Å². The first kappa shape index (κ1) is 10.7. The fourth-order valence-corrected chi connectivity index (χ4v) is 2.21. The van der Waals surface area contributed by atoms with E-state index in [1.807, 2.05) is 0 Å². The number of aliphatic hydroxyl groups excluding tert-OH is 1. The molecule has 0 atom stereocenters. The molecule has 0 radical (unpaired) electrons. The van der Waals surface area contributed by atoms with E-state index < -0.39 is 0 Å². The second kappa shape index (κ2) is 4.81. The molecule has 1 heterocycles. The maximum atomic E-state index is 11.9. The first-order valence-electron chi connectivity index (χ1n) is 5.13. The number of hydrogen-bond donors (Lipinski definition) is 1. The van der Waals surface area contributed by atoms with Gasteiger partial charge < -0.3 is 9.67 Å². The van der Waals surface area contributed by atoms with Crippen molar-refractivity contribution in [3.63, 3.8) is 0 Å². The summed E-state index contributed by atoms with van der Waals surface area (Å²) in [6.45, 7) is 0.163. The molecule has 0 saturated heterocycles. The quantitative estimate of drug-likeness (QED) is 0.602. The summed E-state index contributed by atoms with van der Waals surface area (Å²) in [7, 11) is 0. The van der Waals surface area contributed by atoms with Crippen molar-refractivity contribution >= 4 is 11.8 Å². The summed E-state index contributed by atoms with van der Waals surface area (Å²) in [6, 6.07) is 0.401. The summed E-state index contributed by atoms with van der Waals surface area (Å²) >= 11 is 1.43. The second-order valence-electron chi connectivity index (χ2n) is 3.60. The molecule has 82 valence electrons. The molecule has 1 fully saturated rings. The van der Waals surface area contributed by atoms with E-state index in [-0.39, 0.29) is 12.2 Å². The van der Waals surface area contributed by atoms with Gasteiger partial charge in [0.1, 0.15) is 0 Å². The van der Waals surface area contributed by atoms with Crippen LogP contribution in [0.25, 0.3) is 0 Å². The maximum absolute atomic E-state index is 11.9. The Labute approximate surface area is 92.3 Å². The Balaban J connectivity index is 2.09. The average molecular weight is 226 g/mol. The Bertz CT molecular complexity index is 387. The lowest BCUT2D eigenvalue weighted by molar-refractivity contribution is 0.296. The van der Waals surface area contributed by atoms with Crippen LogP contribution in [0.5, 0.6) is 0 Å². The van der Waals surface area contributed by atoms with Crippen molar-refractivity contribution in [3.8, 4) is 0 Å². The van der Waals surface area contributed by atoms with E-state index in [2.05, 4.69) is 4.98 Å². The van der Waals surface area contributed by atoms with E-state index in [1.165, 1.54) is 11.8 Å². The van der Waals surface area contributed by atoms with Gasteiger partial charge in [-0.3, -0.25) is 4.79 Å². The third-order valence-electron chi connectivity index (χ3n) is 2.32. The fraction of sp³-hybridized carbons (Fsp3) is 0.600. The summed E-state index contributed by atoms with van der Waals surface area (Å²) in [5, 5.41) is 9.20. The van der Waals surface area contributed by atoms with Crippen LogP contribution >= 0.6 is 11.8 Å². The third kappa shape index (κ3) is 2.60. The Kier molecular flexibility index (Phi) is 3.43. The monoisotopic (exact) mass is 226 g/mol. The zero-order chi connectivity index (χ0) is 10.7. The highest BCUT2D eigenvalue weighted by molar-refractivity contribution is 7.99. The highest BCUT2D eigenvalue weighted by Crippen LogP contribution is 2.33. The van der Waals surface area contributed by atoms with Crippen LogP contribution in [-0.4, -0.2) is 27.0 Å². The summed E-state index contributed by atoms with van der Waals surface area (Å²) in [5.74, 6) is 0.743. The minimum atomic E-state index is 0.0166. The molecule has 0 amide bonds. The van der Waals surface area contributed by atoms with Gasteiger partial charge in [0.2, 0.25) is 0 Å². The van der Waals surface area contributed by atoms with Crippen molar-refractivity contribution in [2.24, 2.45) is 0 Å². The van der Waals surface area contributed by atoms with Gasteiger partial charge in [-0.2, -0.15) is 0 Å². The van der Waals surface area contributed by atoms with E-state index in [0.717, 1.165) is 18.6 Å². The molecule has 1 saturated carbocycles. The zero-order valence-electron chi connectivity index (χ0n) is 8.43. The molecule has 0 aromatic carbocycles. The smallest absolute Gasteiger partial charge is 0.283 e. The van der Waals surface area contributed by atoms with Crippen LogP contribution in [0.2, 0.25) is 0 Å². The predicted molar refractivity (Wildman–Crippen MR) is 59.2 cm³/mol. The lowest BCUT2D eigenvalue weighted by atomic mass is 10.5. The van der Waals surface area contributed by atoms with Crippen LogP contribution in [-0.2, 0) is 0 Å². The van der Waals surface area contributed by atoms with E-state index >= 15 is 0 Å². The largest absolute Gasteiger partial charge is 0.396 e. The Morgan fingerprint density at radius 1 is 1.60 bits per heavy atom. The molecule has 1 aromatic rings. The number of nitrogens with zero attached hydrogens (tertiary/aromatic N) is 2. The van der Waals surface area contributed by atoms with Gasteiger partial charge in [-0.25, -0.2) is 4.98 Å². The standard InChI is InChI=1S/C10H14N2O2S/c13-6-1-7-15-9-10(14)12(5-4-11-9)8-2-3-8/h4-5,8,13H,1-3,6-7H2. The first-order valence-corrected chi connectivity index (χ1v) is 6.12. The second-order valence-corrected chi connectivity index (χ2v) is 4.69. The van der Waals surface area contributed by atoms with Gasteiger partial charge in [-0.05, 0) is 19.3 Å². The molecule has 2 rings (SSSR count). The van der Waals surface area contributed by atoms with Gasteiger partial charge >= 0.3 is 0 Å². The molecule has 0 spiro atoms. The van der Waals surface area contributed by atoms with Crippen LogP contribution in [0, 0.1) is 0 Å². The number of aromatic nitrogens is 2. The van der Waals surface area contributed by atoms with Crippen molar-refractivity contribution in [1.29, 1.82) is 0 Å². The zero-order valence-corrected chi connectivity index (χ0v) is 9.24. The van der Waals surface area contributed by atoms with Gasteiger partial charge in [0.15, 0.2) is 5.03 Å². The first-order chi connectivity index (χ1) is 7.33. The Hall–Kier alpha value is -0.810. The lowest BCUT2D eigenvalue weighted by Gasteiger charge is -2.04. The minimum absolute atomic E-state index is 0.0166. The normalized spacial score (nSPS) is 15.5. The molecular weight excluding hydrogens is 212 g/mol. The van der Waals surface area contributed by atoms with Crippen molar-refractivity contribution in [2.45, 2.75) is 30.3 Å². The topological polar surface area (TPSA) is 55.1 Å². The van der Waals surface area contributed by atoms with Crippen molar-refractivity contribution < 1.29 is 5.11 Å². The van der Waals surface area contributed by atoms with E-state index in [9.17, 15) is 4.79 Å². The number of aliphatic hydroxyl groups is 1. The van der Waals surface area contributed by atoms with Crippen LogP contribution in [0.3, 0.4) is 0 Å². The molecule has 1 N–H and O–H groups in total. The molecule has 1 aliphatic carbocycles. The van der Waals surface area contributed by atoms with Gasteiger partial charge in [-0.15, -0.1) is 11.8 Å². The summed E-state index contributed by atoms with van der Waals surface area (Å²) in [6.07, 6.45) is 6.34. The van der Waals surface area contributed by atoms with Crippen molar-refractivity contribution in [2.75, 3.05) is 12.4 Å². The highest BCUT2D eigenvalue weighted by atomic mass is 32.2. The van der Waals surface area contributed by atoms with E-state index in [4.69, 9.17) is 5.11 Å². The molecule has 0 unspecified atom stereocenters. The molecule has 0 aliphatic heterocycles. The highest BCUT2D eigenvalue weighted by Gasteiger charge is 2.25. The third-order valence-corrected chi connectivity index (χ3v) is 3.36. The van der Waals surface area contributed by atoms with Crippen LogP contribution in [0.15, 0.2) is 22.2 Å². The average Bonchev–Trinajstić information content (AvgIpc) is 3.05. The van der Waals surface area contributed by atoms with E-state index in [0.29, 0.717) is 17.5 Å². The molecule has 4 nitrogen and oxygen atoms in total. The molecule has 0 bridgehead atoms. The summed E-state index contributed by atoms with van der Waals surface area (Å²) < 4.78 is 1.77. The SMILES string of the molecule is O=c1c(SCCCO)nccn1C1CC1. The summed E-state index contributed by atoms with van der Waals surface area (Å²) in [4.78, 5) is 15.9. The summed E-state index contributed by atoms with van der Waals surface area (Å²) in [5.41, 5.74) is 0.0166. The van der Waals surface area contributed by atoms with Crippen molar-refractivity contribution in [3.05, 3.63) is 22.7 Å². The van der Waals surface area contributed by atoms with Crippen LogP contribution in [0.4, 0.5) is 0 Å². The van der Waals surface area contributed by atoms with Crippen LogP contribution < -0.4 is 5.56 Å². The molecule has 5 heteroatoms. The van der Waals surface area contributed by atoms with Gasteiger partial charge in [0, 0.05) is 30.8 Å². The Morgan fingerprint density at radius 3 is 3.07 bits per heavy atom. The molecule has 15 heavy (non-hydrogen) atoms. The Morgan fingerprint density at radius 2 is 2.40 bits per heavy atom. The number of hydrogen-bond acceptors (Lipinski definition) is 4. The van der Waals surface area contributed by atoms with Gasteiger partial charge in [0.05, 0.1) is 0 Å². The van der Waals surface area contributed by atoms with Gasteiger partial charge in [0.25, 0.3) is 5.56 Å². The van der Waals surface area contributed by atoms with Gasteiger partial charge in [-0.1, -0.05) is 0 Å². The molecular formula is C10H14N2O2S.